The number of alkyl carbamates (subject to hydrolysis) is 1. The van der Waals surface area contributed by atoms with Crippen LogP contribution in [0.2, 0.25) is 0 Å². The van der Waals surface area contributed by atoms with Gasteiger partial charge in [0.1, 0.15) is 11.1 Å². The lowest BCUT2D eigenvalue weighted by Gasteiger charge is -2.52. The molecule has 22 heavy (non-hydrogen) atoms. The molecule has 0 radical (unpaired) electrons. The second-order valence-corrected chi connectivity index (χ2v) is 8.17. The number of ether oxygens (including phenoxy) is 1. The van der Waals surface area contributed by atoms with Crippen molar-refractivity contribution in [1.29, 1.82) is 0 Å². The summed E-state index contributed by atoms with van der Waals surface area (Å²) in [5.74, 6) is 0.535. The van der Waals surface area contributed by atoms with Crippen molar-refractivity contribution in [3.8, 4) is 0 Å². The van der Waals surface area contributed by atoms with Crippen LogP contribution in [0.15, 0.2) is 16.9 Å². The Hall–Kier alpha value is -1.21. The van der Waals surface area contributed by atoms with Crippen LogP contribution < -0.4 is 5.32 Å². The highest BCUT2D eigenvalue weighted by molar-refractivity contribution is 9.10. The minimum absolute atomic E-state index is 0.0568. The van der Waals surface area contributed by atoms with Crippen molar-refractivity contribution < 1.29 is 14.6 Å². The molecule has 1 aliphatic carbocycles. The highest BCUT2D eigenvalue weighted by atomic mass is 79.9. The molecule has 1 heterocycles. The third-order valence-corrected chi connectivity index (χ3v) is 4.04. The minimum Gasteiger partial charge on any atom is -0.444 e. The molecule has 2 N–H and O–H groups in total. The van der Waals surface area contributed by atoms with Gasteiger partial charge in [-0.05, 0) is 55.0 Å². The van der Waals surface area contributed by atoms with Crippen LogP contribution in [0.25, 0.3) is 0 Å². The summed E-state index contributed by atoms with van der Waals surface area (Å²) < 4.78 is 6.11. The van der Waals surface area contributed by atoms with Crippen LogP contribution in [0.1, 0.15) is 46.4 Å². The maximum Gasteiger partial charge on any atom is 0.408 e. The normalized spacial score (nSPS) is 27.9. The third kappa shape index (κ3) is 3.76. The standard InChI is InChI=1S/C15H22BrN3O3/c1-13(2,3)22-12(21)19-15(7-14(4,8-15)9-20)11-17-5-10(16)6-18-11/h5-6,20H,7-9H2,1-4H3,(H,19,21)/t14-,15+. The molecule has 0 atom stereocenters. The lowest BCUT2D eigenvalue weighted by Crippen LogP contribution is -2.61. The highest BCUT2D eigenvalue weighted by Gasteiger charge is 2.55. The third-order valence-electron chi connectivity index (χ3n) is 3.63. The maximum absolute atomic E-state index is 12.1. The number of amides is 1. The van der Waals surface area contributed by atoms with Crippen LogP contribution in [0.4, 0.5) is 4.79 Å². The number of hydrogen-bond donors (Lipinski definition) is 2. The zero-order valence-electron chi connectivity index (χ0n) is 13.3. The van der Waals surface area contributed by atoms with Crippen LogP contribution in [0.3, 0.4) is 0 Å². The molecule has 1 fully saturated rings. The topological polar surface area (TPSA) is 84.3 Å². The van der Waals surface area contributed by atoms with Gasteiger partial charge in [-0.25, -0.2) is 14.8 Å². The monoisotopic (exact) mass is 371 g/mol. The van der Waals surface area contributed by atoms with Crippen molar-refractivity contribution in [3.63, 3.8) is 0 Å². The van der Waals surface area contributed by atoms with Gasteiger partial charge in [0, 0.05) is 19.0 Å². The Morgan fingerprint density at radius 1 is 1.41 bits per heavy atom. The molecule has 0 aliphatic heterocycles. The number of halogens is 1. The quantitative estimate of drug-likeness (QED) is 0.853. The SMILES string of the molecule is CC(C)(C)OC(=O)N[C@]1(c2ncc(Br)cn2)C[C@](C)(CO)C1. The van der Waals surface area contributed by atoms with Gasteiger partial charge in [0.25, 0.3) is 0 Å². The average Bonchev–Trinajstić information content (AvgIpc) is 2.34. The molecule has 6 nitrogen and oxygen atoms in total. The summed E-state index contributed by atoms with van der Waals surface area (Å²) in [7, 11) is 0. The Balaban J connectivity index is 2.21. The molecule has 1 aromatic rings. The van der Waals surface area contributed by atoms with E-state index >= 15 is 0 Å². The summed E-state index contributed by atoms with van der Waals surface area (Å²) in [6.07, 6.45) is 3.93. The highest BCUT2D eigenvalue weighted by Crippen LogP contribution is 2.52. The van der Waals surface area contributed by atoms with E-state index in [1.54, 1.807) is 12.4 Å². The van der Waals surface area contributed by atoms with Crippen molar-refractivity contribution in [2.24, 2.45) is 5.41 Å². The number of aliphatic hydroxyl groups is 1. The Bertz CT molecular complexity index is 548. The van der Waals surface area contributed by atoms with Crippen molar-refractivity contribution >= 4 is 22.0 Å². The predicted octanol–water partition coefficient (Wildman–Crippen LogP) is 2.75. The van der Waals surface area contributed by atoms with Gasteiger partial charge in [-0.3, -0.25) is 0 Å². The molecule has 2 rings (SSSR count). The molecule has 122 valence electrons. The molecular formula is C15H22BrN3O3. The van der Waals surface area contributed by atoms with Gasteiger partial charge >= 0.3 is 6.09 Å². The number of hydrogen-bond acceptors (Lipinski definition) is 5. The lowest BCUT2D eigenvalue weighted by atomic mass is 9.58. The van der Waals surface area contributed by atoms with E-state index in [1.807, 2.05) is 27.7 Å². The summed E-state index contributed by atoms with van der Waals surface area (Å²) in [6, 6.07) is 0. The smallest absolute Gasteiger partial charge is 0.408 e. The van der Waals surface area contributed by atoms with E-state index in [4.69, 9.17) is 4.74 Å². The van der Waals surface area contributed by atoms with Gasteiger partial charge < -0.3 is 15.2 Å². The first-order chi connectivity index (χ1) is 10.1. The van der Waals surface area contributed by atoms with Gasteiger partial charge in [-0.15, -0.1) is 0 Å². The van der Waals surface area contributed by atoms with E-state index in [9.17, 15) is 9.90 Å². The van der Waals surface area contributed by atoms with Gasteiger partial charge in [-0.1, -0.05) is 6.92 Å². The number of aliphatic hydroxyl groups excluding tert-OH is 1. The van der Waals surface area contributed by atoms with E-state index in [0.29, 0.717) is 18.7 Å². The van der Waals surface area contributed by atoms with Crippen molar-refractivity contribution in [2.75, 3.05) is 6.61 Å². The van der Waals surface area contributed by atoms with Gasteiger partial charge in [-0.2, -0.15) is 0 Å². The van der Waals surface area contributed by atoms with Gasteiger partial charge in [0.2, 0.25) is 0 Å². The second kappa shape index (κ2) is 5.77. The number of carbonyl (C=O) groups is 1. The first kappa shape index (κ1) is 17.1. The zero-order valence-corrected chi connectivity index (χ0v) is 14.9. The van der Waals surface area contributed by atoms with E-state index in [-0.39, 0.29) is 12.0 Å². The number of nitrogens with zero attached hydrogens (tertiary/aromatic N) is 2. The predicted molar refractivity (Wildman–Crippen MR) is 85.2 cm³/mol. The number of rotatable bonds is 3. The maximum atomic E-state index is 12.1. The molecule has 1 aliphatic rings. The van der Waals surface area contributed by atoms with Crippen molar-refractivity contribution in [2.45, 2.75) is 51.7 Å². The van der Waals surface area contributed by atoms with Crippen LogP contribution in [-0.2, 0) is 10.3 Å². The molecule has 0 spiro atoms. The summed E-state index contributed by atoms with van der Waals surface area (Å²) in [5, 5.41) is 12.4. The zero-order chi connectivity index (χ0) is 16.6. The molecule has 0 bridgehead atoms. The number of nitrogens with one attached hydrogen (secondary N) is 1. The second-order valence-electron chi connectivity index (χ2n) is 7.26. The molecule has 1 saturated carbocycles. The molecule has 1 aromatic heterocycles. The Morgan fingerprint density at radius 3 is 2.41 bits per heavy atom. The van der Waals surface area contributed by atoms with E-state index < -0.39 is 17.2 Å². The van der Waals surface area contributed by atoms with Crippen LogP contribution in [0, 0.1) is 5.41 Å². The van der Waals surface area contributed by atoms with Crippen molar-refractivity contribution in [1.82, 2.24) is 15.3 Å². The average molecular weight is 372 g/mol. The van der Waals surface area contributed by atoms with E-state index in [1.165, 1.54) is 0 Å². The molecule has 7 heteroatoms. The summed E-state index contributed by atoms with van der Waals surface area (Å²) in [6.45, 7) is 7.47. The Morgan fingerprint density at radius 2 is 1.95 bits per heavy atom. The molecule has 0 aromatic carbocycles. The fourth-order valence-electron chi connectivity index (χ4n) is 2.88. The first-order valence-corrected chi connectivity index (χ1v) is 7.97. The summed E-state index contributed by atoms with van der Waals surface area (Å²) >= 11 is 3.30. The van der Waals surface area contributed by atoms with Crippen LogP contribution in [0.5, 0.6) is 0 Å². The van der Waals surface area contributed by atoms with Crippen LogP contribution >= 0.6 is 15.9 Å². The van der Waals surface area contributed by atoms with Gasteiger partial charge in [0.05, 0.1) is 4.47 Å². The molecule has 0 saturated heterocycles. The summed E-state index contributed by atoms with van der Waals surface area (Å²) in [4.78, 5) is 20.8. The largest absolute Gasteiger partial charge is 0.444 e. The lowest BCUT2D eigenvalue weighted by molar-refractivity contribution is -0.0414. The minimum atomic E-state index is -0.694. The van der Waals surface area contributed by atoms with Crippen LogP contribution in [-0.4, -0.2) is 33.4 Å². The Kier molecular flexibility index (Phi) is 4.50. The molecular weight excluding hydrogens is 350 g/mol. The Labute approximate surface area is 138 Å². The fraction of sp³-hybridized carbons (Fsp3) is 0.667. The summed E-state index contributed by atoms with van der Waals surface area (Å²) in [5.41, 5.74) is -1.51. The van der Waals surface area contributed by atoms with E-state index in [2.05, 4.69) is 31.2 Å². The fourth-order valence-corrected chi connectivity index (χ4v) is 3.08. The van der Waals surface area contributed by atoms with Gasteiger partial charge in [0.15, 0.2) is 5.82 Å². The number of aromatic nitrogens is 2. The number of carbonyl (C=O) groups excluding carboxylic acids is 1. The van der Waals surface area contributed by atoms with E-state index in [0.717, 1.165) is 4.47 Å². The first-order valence-electron chi connectivity index (χ1n) is 7.18. The van der Waals surface area contributed by atoms with Crippen molar-refractivity contribution in [3.05, 3.63) is 22.7 Å². The molecule has 0 unspecified atom stereocenters. The molecule has 1 amide bonds.